The van der Waals surface area contributed by atoms with E-state index in [0.717, 1.165) is 32.5 Å². The van der Waals surface area contributed by atoms with Gasteiger partial charge in [-0.2, -0.15) is 0 Å². The van der Waals surface area contributed by atoms with Crippen LogP contribution < -0.4 is 0 Å². The first kappa shape index (κ1) is 13.8. The van der Waals surface area contributed by atoms with Crippen LogP contribution in [0.1, 0.15) is 44.9 Å². The van der Waals surface area contributed by atoms with Crippen LogP contribution >= 0.6 is 0 Å². The highest BCUT2D eigenvalue weighted by atomic mass is 16.5. The standard InChI is InChI=1S/C14H25NO3/c16-14(17)11-15(10-13-7-4-8-18-13)9-12-5-2-1-3-6-12/h12-13H,1-11H2,(H,16,17). The van der Waals surface area contributed by atoms with Gasteiger partial charge in [0.1, 0.15) is 0 Å². The second kappa shape index (κ2) is 7.10. The van der Waals surface area contributed by atoms with E-state index in [-0.39, 0.29) is 12.6 Å². The van der Waals surface area contributed by atoms with Crippen LogP contribution in [-0.4, -0.2) is 48.3 Å². The molecule has 0 radical (unpaired) electrons. The van der Waals surface area contributed by atoms with Crippen molar-refractivity contribution in [1.29, 1.82) is 0 Å². The molecular weight excluding hydrogens is 230 g/mol. The van der Waals surface area contributed by atoms with Crippen molar-refractivity contribution in [2.75, 3.05) is 26.2 Å². The number of ether oxygens (including phenoxy) is 1. The quantitative estimate of drug-likeness (QED) is 0.790. The van der Waals surface area contributed by atoms with Crippen molar-refractivity contribution < 1.29 is 14.6 Å². The molecule has 1 aliphatic heterocycles. The first-order chi connectivity index (χ1) is 8.74. The van der Waals surface area contributed by atoms with Gasteiger partial charge in [-0.05, 0) is 31.6 Å². The molecule has 0 bridgehead atoms. The summed E-state index contributed by atoms with van der Waals surface area (Å²) in [5.41, 5.74) is 0. The third kappa shape index (κ3) is 4.58. The molecule has 2 rings (SSSR count). The lowest BCUT2D eigenvalue weighted by Crippen LogP contribution is -2.39. The lowest BCUT2D eigenvalue weighted by atomic mass is 9.89. The lowest BCUT2D eigenvalue weighted by molar-refractivity contribution is -0.138. The molecule has 1 aliphatic carbocycles. The van der Waals surface area contributed by atoms with E-state index in [2.05, 4.69) is 4.90 Å². The molecule has 1 N–H and O–H groups in total. The maximum Gasteiger partial charge on any atom is 0.317 e. The van der Waals surface area contributed by atoms with Gasteiger partial charge in [0.15, 0.2) is 0 Å². The van der Waals surface area contributed by atoms with Crippen molar-refractivity contribution in [1.82, 2.24) is 4.90 Å². The van der Waals surface area contributed by atoms with Gasteiger partial charge >= 0.3 is 5.97 Å². The summed E-state index contributed by atoms with van der Waals surface area (Å²) >= 11 is 0. The van der Waals surface area contributed by atoms with Gasteiger partial charge in [0.2, 0.25) is 0 Å². The zero-order valence-electron chi connectivity index (χ0n) is 11.1. The largest absolute Gasteiger partial charge is 0.480 e. The molecule has 0 aromatic carbocycles. The van der Waals surface area contributed by atoms with Gasteiger partial charge in [-0.25, -0.2) is 0 Å². The predicted octanol–water partition coefficient (Wildman–Crippen LogP) is 2.13. The molecule has 1 saturated heterocycles. The molecule has 1 atom stereocenters. The topological polar surface area (TPSA) is 49.8 Å². The van der Waals surface area contributed by atoms with Gasteiger partial charge in [-0.3, -0.25) is 9.69 Å². The van der Waals surface area contributed by atoms with Crippen LogP contribution in [-0.2, 0) is 9.53 Å². The maximum atomic E-state index is 10.9. The van der Waals surface area contributed by atoms with Gasteiger partial charge in [0.25, 0.3) is 0 Å². The van der Waals surface area contributed by atoms with Gasteiger partial charge in [0.05, 0.1) is 12.6 Å². The molecule has 0 aromatic heterocycles. The van der Waals surface area contributed by atoms with Crippen molar-refractivity contribution in [3.8, 4) is 0 Å². The maximum absolute atomic E-state index is 10.9. The minimum absolute atomic E-state index is 0.163. The van der Waals surface area contributed by atoms with E-state index in [1.807, 2.05) is 0 Å². The number of nitrogens with zero attached hydrogens (tertiary/aromatic N) is 1. The van der Waals surface area contributed by atoms with Crippen molar-refractivity contribution in [2.24, 2.45) is 5.92 Å². The Morgan fingerprint density at radius 2 is 1.89 bits per heavy atom. The molecule has 2 fully saturated rings. The molecule has 1 unspecified atom stereocenters. The number of rotatable bonds is 6. The number of carbonyl (C=O) groups is 1. The second-order valence-electron chi connectivity index (χ2n) is 5.73. The van der Waals surface area contributed by atoms with Crippen LogP contribution in [0, 0.1) is 5.92 Å². The molecule has 4 heteroatoms. The lowest BCUT2D eigenvalue weighted by Gasteiger charge is -2.30. The van der Waals surface area contributed by atoms with E-state index in [0.29, 0.717) is 5.92 Å². The van der Waals surface area contributed by atoms with Crippen LogP contribution in [0.2, 0.25) is 0 Å². The summed E-state index contributed by atoms with van der Waals surface area (Å²) in [7, 11) is 0. The first-order valence-electron chi connectivity index (χ1n) is 7.30. The summed E-state index contributed by atoms with van der Waals surface area (Å²) in [5, 5.41) is 9.00. The fraction of sp³-hybridized carbons (Fsp3) is 0.929. The molecule has 0 amide bonds. The second-order valence-corrected chi connectivity index (χ2v) is 5.73. The number of carboxylic acids is 1. The number of carboxylic acid groups (broad SMARTS) is 1. The predicted molar refractivity (Wildman–Crippen MR) is 69.6 cm³/mol. The van der Waals surface area contributed by atoms with E-state index < -0.39 is 5.97 Å². The minimum atomic E-state index is -0.719. The summed E-state index contributed by atoms with van der Waals surface area (Å²) < 4.78 is 5.62. The van der Waals surface area contributed by atoms with Crippen molar-refractivity contribution >= 4 is 5.97 Å². The Labute approximate surface area is 109 Å². The Balaban J connectivity index is 1.80. The first-order valence-corrected chi connectivity index (χ1v) is 7.30. The van der Waals surface area contributed by atoms with Gasteiger partial charge < -0.3 is 9.84 Å². The Bertz CT molecular complexity index is 258. The summed E-state index contributed by atoms with van der Waals surface area (Å²) in [6.45, 7) is 2.74. The van der Waals surface area contributed by atoms with Crippen LogP contribution in [0.5, 0.6) is 0 Å². The number of aliphatic carboxylic acids is 1. The average molecular weight is 255 g/mol. The highest BCUT2D eigenvalue weighted by Gasteiger charge is 2.23. The molecule has 0 aromatic rings. The Hall–Kier alpha value is -0.610. The van der Waals surface area contributed by atoms with Gasteiger partial charge in [0, 0.05) is 19.7 Å². The zero-order valence-corrected chi connectivity index (χ0v) is 11.1. The van der Waals surface area contributed by atoms with Crippen molar-refractivity contribution in [2.45, 2.75) is 51.0 Å². The number of hydrogen-bond donors (Lipinski definition) is 1. The smallest absolute Gasteiger partial charge is 0.317 e. The van der Waals surface area contributed by atoms with E-state index in [4.69, 9.17) is 9.84 Å². The molecule has 0 spiro atoms. The monoisotopic (exact) mass is 255 g/mol. The third-order valence-electron chi connectivity index (χ3n) is 4.09. The Morgan fingerprint density at radius 3 is 2.50 bits per heavy atom. The Kier molecular flexibility index (Phi) is 5.45. The number of hydrogen-bond acceptors (Lipinski definition) is 3. The highest BCUT2D eigenvalue weighted by Crippen LogP contribution is 2.25. The van der Waals surface area contributed by atoms with Crippen LogP contribution in [0.15, 0.2) is 0 Å². The highest BCUT2D eigenvalue weighted by molar-refractivity contribution is 5.69. The van der Waals surface area contributed by atoms with E-state index >= 15 is 0 Å². The molecule has 2 aliphatic rings. The summed E-state index contributed by atoms with van der Waals surface area (Å²) in [6, 6.07) is 0. The minimum Gasteiger partial charge on any atom is -0.480 e. The fourth-order valence-electron chi connectivity index (χ4n) is 3.21. The van der Waals surface area contributed by atoms with Crippen LogP contribution in [0.3, 0.4) is 0 Å². The van der Waals surface area contributed by atoms with Gasteiger partial charge in [-0.15, -0.1) is 0 Å². The molecule has 18 heavy (non-hydrogen) atoms. The van der Waals surface area contributed by atoms with Crippen LogP contribution in [0.4, 0.5) is 0 Å². The van der Waals surface area contributed by atoms with E-state index in [1.54, 1.807) is 0 Å². The van der Waals surface area contributed by atoms with E-state index in [9.17, 15) is 4.79 Å². The van der Waals surface area contributed by atoms with Gasteiger partial charge in [-0.1, -0.05) is 19.3 Å². The zero-order chi connectivity index (χ0) is 12.8. The fourth-order valence-corrected chi connectivity index (χ4v) is 3.21. The summed E-state index contributed by atoms with van der Waals surface area (Å²) in [6.07, 6.45) is 8.96. The Morgan fingerprint density at radius 1 is 1.11 bits per heavy atom. The molecule has 1 heterocycles. The van der Waals surface area contributed by atoms with Crippen molar-refractivity contribution in [3.05, 3.63) is 0 Å². The SMILES string of the molecule is O=C(O)CN(CC1CCCCC1)CC1CCCO1. The average Bonchev–Trinajstić information content (AvgIpc) is 2.82. The van der Waals surface area contributed by atoms with Crippen molar-refractivity contribution in [3.63, 3.8) is 0 Å². The normalized spacial score (nSPS) is 25.7. The molecule has 104 valence electrons. The summed E-state index contributed by atoms with van der Waals surface area (Å²) in [5.74, 6) is -0.0247. The van der Waals surface area contributed by atoms with E-state index in [1.165, 1.54) is 32.1 Å². The third-order valence-corrected chi connectivity index (χ3v) is 4.09. The summed E-state index contributed by atoms with van der Waals surface area (Å²) in [4.78, 5) is 13.0. The van der Waals surface area contributed by atoms with Crippen LogP contribution in [0.25, 0.3) is 0 Å². The molecule has 1 saturated carbocycles. The molecular formula is C14H25NO3. The molecule has 4 nitrogen and oxygen atoms in total.